The van der Waals surface area contributed by atoms with Gasteiger partial charge in [-0.3, -0.25) is 4.79 Å². The van der Waals surface area contributed by atoms with Gasteiger partial charge in [-0.15, -0.1) is 13.2 Å². The van der Waals surface area contributed by atoms with E-state index in [0.717, 1.165) is 12.1 Å². The first kappa shape index (κ1) is 27.1. The van der Waals surface area contributed by atoms with E-state index >= 15 is 0 Å². The van der Waals surface area contributed by atoms with Gasteiger partial charge < -0.3 is 19.9 Å². The fraction of sp³-hybridized carbons (Fsp3) is 0.320. The summed E-state index contributed by atoms with van der Waals surface area (Å²) >= 11 is 6.06. The number of aromatic nitrogens is 1. The predicted octanol–water partition coefficient (Wildman–Crippen LogP) is 5.99. The number of halogens is 4. The van der Waals surface area contributed by atoms with Gasteiger partial charge in [-0.2, -0.15) is 0 Å². The van der Waals surface area contributed by atoms with Crippen LogP contribution in [0.4, 0.5) is 13.2 Å². The Hall–Kier alpha value is -3.53. The third kappa shape index (κ3) is 6.57. The zero-order valence-corrected chi connectivity index (χ0v) is 20.4. The first-order valence-corrected chi connectivity index (χ1v) is 11.3. The third-order valence-corrected chi connectivity index (χ3v) is 6.03. The number of hydrogen-bond acceptors (Lipinski definition) is 5. The second-order valence-electron chi connectivity index (χ2n) is 8.74. The van der Waals surface area contributed by atoms with Crippen LogP contribution in [0.1, 0.15) is 43.1 Å². The van der Waals surface area contributed by atoms with Gasteiger partial charge in [0.2, 0.25) is 0 Å². The maximum absolute atomic E-state index is 13.2. The van der Waals surface area contributed by atoms with E-state index in [1.807, 2.05) is 6.92 Å². The standard InChI is InChI=1S/C25H24ClF3N2O5/c1-4-24(2,3)21(23(33)34)31-22(32)17-10-7-15-12-30-19(26)11-18(15)20(17)35-13-14-5-8-16(9-6-14)36-25(27,28)29/h5-12,21H,4,13H2,1-3H3,(H,31,32)(H,33,34). The average molecular weight is 525 g/mol. The molecule has 1 atom stereocenters. The molecule has 0 bridgehead atoms. The average Bonchev–Trinajstić information content (AvgIpc) is 2.80. The van der Waals surface area contributed by atoms with E-state index in [-0.39, 0.29) is 28.8 Å². The molecular formula is C25H24ClF3N2O5. The number of benzene rings is 2. The lowest BCUT2D eigenvalue weighted by Crippen LogP contribution is -2.50. The lowest BCUT2D eigenvalue weighted by molar-refractivity contribution is -0.274. The summed E-state index contributed by atoms with van der Waals surface area (Å²) in [5.41, 5.74) is -0.157. The minimum atomic E-state index is -4.81. The van der Waals surface area contributed by atoms with Crippen LogP contribution in [0.3, 0.4) is 0 Å². The van der Waals surface area contributed by atoms with Crippen molar-refractivity contribution in [1.82, 2.24) is 10.3 Å². The largest absolute Gasteiger partial charge is 0.573 e. The van der Waals surface area contributed by atoms with E-state index < -0.39 is 29.7 Å². The second-order valence-corrected chi connectivity index (χ2v) is 9.12. The van der Waals surface area contributed by atoms with Crippen molar-refractivity contribution in [2.24, 2.45) is 5.41 Å². The van der Waals surface area contributed by atoms with E-state index in [9.17, 15) is 27.9 Å². The summed E-state index contributed by atoms with van der Waals surface area (Å²) in [6, 6.07) is 8.54. The third-order valence-electron chi connectivity index (χ3n) is 5.82. The Morgan fingerprint density at radius 1 is 1.14 bits per heavy atom. The number of carbonyl (C=O) groups excluding carboxylic acids is 1. The number of nitrogens with one attached hydrogen (secondary N) is 1. The number of alkyl halides is 3. The Morgan fingerprint density at radius 2 is 1.81 bits per heavy atom. The summed E-state index contributed by atoms with van der Waals surface area (Å²) in [6.45, 7) is 5.20. The summed E-state index contributed by atoms with van der Waals surface area (Å²) in [5.74, 6) is -2.09. The minimum absolute atomic E-state index is 0.0694. The van der Waals surface area contributed by atoms with Crippen molar-refractivity contribution in [2.75, 3.05) is 0 Å². The van der Waals surface area contributed by atoms with E-state index in [1.54, 1.807) is 19.9 Å². The molecule has 36 heavy (non-hydrogen) atoms. The molecule has 1 aromatic heterocycles. The molecule has 0 radical (unpaired) electrons. The molecule has 1 heterocycles. The maximum atomic E-state index is 13.2. The molecule has 2 N–H and O–H groups in total. The van der Waals surface area contributed by atoms with Crippen molar-refractivity contribution in [3.63, 3.8) is 0 Å². The first-order chi connectivity index (χ1) is 16.8. The summed E-state index contributed by atoms with van der Waals surface area (Å²) in [6.07, 6.45) is -2.81. The molecule has 0 saturated carbocycles. The molecule has 1 unspecified atom stereocenters. The Labute approximate surface area is 210 Å². The van der Waals surface area contributed by atoms with Crippen molar-refractivity contribution in [3.05, 3.63) is 64.9 Å². The molecule has 11 heteroatoms. The SMILES string of the molecule is CCC(C)(C)C(NC(=O)c1ccc2cnc(Cl)cc2c1OCc1ccc(OC(F)(F)F)cc1)C(=O)O. The van der Waals surface area contributed by atoms with Crippen LogP contribution < -0.4 is 14.8 Å². The molecule has 0 saturated heterocycles. The van der Waals surface area contributed by atoms with Gasteiger partial charge in [0, 0.05) is 17.0 Å². The second kappa shape index (κ2) is 10.6. The molecular weight excluding hydrogens is 501 g/mol. The molecule has 192 valence electrons. The van der Waals surface area contributed by atoms with Gasteiger partial charge in [0.1, 0.15) is 29.3 Å². The number of aliphatic carboxylic acids is 1. The molecule has 0 aliphatic carbocycles. The Balaban J connectivity index is 1.94. The van der Waals surface area contributed by atoms with Gasteiger partial charge in [-0.25, -0.2) is 9.78 Å². The molecule has 0 fully saturated rings. The molecule has 0 aliphatic heterocycles. The fourth-order valence-electron chi connectivity index (χ4n) is 3.45. The Kier molecular flexibility index (Phi) is 7.98. The zero-order valence-electron chi connectivity index (χ0n) is 19.6. The van der Waals surface area contributed by atoms with Gasteiger partial charge in [-0.1, -0.05) is 50.6 Å². The van der Waals surface area contributed by atoms with Gasteiger partial charge >= 0.3 is 12.3 Å². The lowest BCUT2D eigenvalue weighted by Gasteiger charge is -2.31. The summed E-state index contributed by atoms with van der Waals surface area (Å²) < 4.78 is 47.1. The Morgan fingerprint density at radius 3 is 2.39 bits per heavy atom. The van der Waals surface area contributed by atoms with Crippen LogP contribution in [-0.4, -0.2) is 34.4 Å². The summed E-state index contributed by atoms with van der Waals surface area (Å²) in [5, 5.41) is 13.5. The van der Waals surface area contributed by atoms with Crippen molar-refractivity contribution in [2.45, 2.75) is 46.2 Å². The van der Waals surface area contributed by atoms with Crippen molar-refractivity contribution >= 4 is 34.2 Å². The van der Waals surface area contributed by atoms with Gasteiger partial charge in [0.25, 0.3) is 5.91 Å². The van der Waals surface area contributed by atoms with Crippen LogP contribution in [0.15, 0.2) is 48.7 Å². The number of fused-ring (bicyclic) bond motifs is 1. The first-order valence-electron chi connectivity index (χ1n) is 10.9. The maximum Gasteiger partial charge on any atom is 0.573 e. The van der Waals surface area contributed by atoms with Crippen LogP contribution >= 0.6 is 11.6 Å². The van der Waals surface area contributed by atoms with Crippen molar-refractivity contribution in [3.8, 4) is 11.5 Å². The summed E-state index contributed by atoms with van der Waals surface area (Å²) in [4.78, 5) is 29.1. The number of carbonyl (C=O) groups is 2. The molecule has 1 amide bonds. The minimum Gasteiger partial charge on any atom is -0.487 e. The zero-order chi connectivity index (χ0) is 26.7. The predicted molar refractivity (Wildman–Crippen MR) is 127 cm³/mol. The molecule has 7 nitrogen and oxygen atoms in total. The van der Waals surface area contributed by atoms with Gasteiger partial charge in [0.15, 0.2) is 0 Å². The van der Waals surface area contributed by atoms with Gasteiger partial charge in [-0.05, 0) is 41.7 Å². The number of pyridine rings is 1. The number of carboxylic acid groups (broad SMARTS) is 1. The number of hydrogen-bond donors (Lipinski definition) is 2. The highest BCUT2D eigenvalue weighted by Gasteiger charge is 2.36. The lowest BCUT2D eigenvalue weighted by atomic mass is 9.81. The monoisotopic (exact) mass is 524 g/mol. The van der Waals surface area contributed by atoms with Crippen LogP contribution in [0, 0.1) is 5.41 Å². The van der Waals surface area contributed by atoms with Crippen LogP contribution in [0.25, 0.3) is 10.8 Å². The highest BCUT2D eigenvalue weighted by Crippen LogP contribution is 2.33. The highest BCUT2D eigenvalue weighted by atomic mass is 35.5. The highest BCUT2D eigenvalue weighted by molar-refractivity contribution is 6.30. The molecule has 3 aromatic rings. The van der Waals surface area contributed by atoms with Crippen molar-refractivity contribution < 1.29 is 37.3 Å². The van der Waals surface area contributed by atoms with Crippen LogP contribution in [0.5, 0.6) is 11.5 Å². The molecule has 0 spiro atoms. The number of carboxylic acids is 1. The summed E-state index contributed by atoms with van der Waals surface area (Å²) in [7, 11) is 0. The van der Waals surface area contributed by atoms with E-state index in [1.165, 1.54) is 30.5 Å². The number of nitrogens with zero attached hydrogens (tertiary/aromatic N) is 1. The van der Waals surface area contributed by atoms with Crippen LogP contribution in [-0.2, 0) is 11.4 Å². The smallest absolute Gasteiger partial charge is 0.487 e. The quantitative estimate of drug-likeness (QED) is 0.334. The molecule has 0 aliphatic rings. The topological polar surface area (TPSA) is 97.8 Å². The molecule has 2 aromatic carbocycles. The number of amides is 1. The van der Waals surface area contributed by atoms with E-state index in [4.69, 9.17) is 16.3 Å². The van der Waals surface area contributed by atoms with Crippen molar-refractivity contribution in [1.29, 1.82) is 0 Å². The Bertz CT molecular complexity index is 1260. The van der Waals surface area contributed by atoms with Gasteiger partial charge in [0.05, 0.1) is 5.56 Å². The van der Waals surface area contributed by atoms with E-state index in [0.29, 0.717) is 22.8 Å². The van der Waals surface area contributed by atoms with Crippen LogP contribution in [0.2, 0.25) is 5.15 Å². The molecule has 3 rings (SSSR count). The van der Waals surface area contributed by atoms with E-state index in [2.05, 4.69) is 15.0 Å². The number of rotatable bonds is 9. The number of ether oxygens (including phenoxy) is 2. The normalized spacial score (nSPS) is 12.8. The fourth-order valence-corrected chi connectivity index (χ4v) is 3.60.